The number of rotatable bonds is 1. The second-order valence-corrected chi connectivity index (χ2v) is 7.75. The zero-order valence-corrected chi connectivity index (χ0v) is 15.2. The second-order valence-electron chi connectivity index (χ2n) is 7.75. The molecule has 0 spiro atoms. The summed E-state index contributed by atoms with van der Waals surface area (Å²) in [5.41, 5.74) is 5.72. The summed E-state index contributed by atoms with van der Waals surface area (Å²) in [4.78, 5) is 13.1. The first-order valence-electron chi connectivity index (χ1n) is 9.43. The maximum Gasteiger partial charge on any atom is 0.200 e. The minimum atomic E-state index is 0.0332. The summed E-state index contributed by atoms with van der Waals surface area (Å²) in [5.74, 6) is 1.44. The molecule has 2 heterocycles. The van der Waals surface area contributed by atoms with Gasteiger partial charge in [-0.15, -0.1) is 0 Å². The zero-order valence-electron chi connectivity index (χ0n) is 15.2. The highest BCUT2D eigenvalue weighted by molar-refractivity contribution is 5.86. The molecule has 1 fully saturated rings. The van der Waals surface area contributed by atoms with Crippen LogP contribution < -0.4 is 10.2 Å². The summed E-state index contributed by atoms with van der Waals surface area (Å²) in [7, 11) is 0. The van der Waals surface area contributed by atoms with Gasteiger partial charge in [-0.2, -0.15) is 0 Å². The van der Waals surface area contributed by atoms with E-state index in [-0.39, 0.29) is 5.43 Å². The van der Waals surface area contributed by atoms with Crippen LogP contribution in [0.3, 0.4) is 0 Å². The Hall–Kier alpha value is -2.55. The Morgan fingerprint density at radius 2 is 1.92 bits per heavy atom. The Morgan fingerprint density at radius 1 is 1.04 bits per heavy atom. The molecule has 5 rings (SSSR count). The fourth-order valence-electron chi connectivity index (χ4n) is 4.47. The van der Waals surface area contributed by atoms with Crippen LogP contribution in [0.25, 0.3) is 22.1 Å². The number of aryl methyl sites for hydroxylation is 2. The lowest BCUT2D eigenvalue weighted by molar-refractivity contribution is 0.138. The molecule has 1 aliphatic heterocycles. The molecule has 0 saturated heterocycles. The van der Waals surface area contributed by atoms with Gasteiger partial charge in [0.2, 0.25) is 5.43 Å². The maximum atomic E-state index is 13.1. The van der Waals surface area contributed by atoms with E-state index in [0.717, 1.165) is 29.7 Å². The summed E-state index contributed by atoms with van der Waals surface area (Å²) >= 11 is 0. The molecule has 0 bridgehead atoms. The van der Waals surface area contributed by atoms with Crippen molar-refractivity contribution in [2.24, 2.45) is 5.92 Å². The van der Waals surface area contributed by atoms with Crippen LogP contribution >= 0.6 is 0 Å². The smallest absolute Gasteiger partial charge is 0.200 e. The third-order valence-corrected chi connectivity index (χ3v) is 6.15. The van der Waals surface area contributed by atoms with Crippen molar-refractivity contribution in [2.45, 2.75) is 45.6 Å². The standard InChI is InChI=1S/C23H22O3/c1-13-6-7-15(10-14(13)2)19-12-25-23-17(22(19)24)8-9-21-18(23)11-16-4-3-5-20(16)26-21/h6-10,12,16,20H,3-5,11H2,1-2H3/t16-,20-/m1/s1. The number of hydrogen-bond donors (Lipinski definition) is 0. The average molecular weight is 346 g/mol. The van der Waals surface area contributed by atoms with Crippen molar-refractivity contribution < 1.29 is 9.15 Å². The molecule has 132 valence electrons. The van der Waals surface area contributed by atoms with Gasteiger partial charge in [-0.3, -0.25) is 4.79 Å². The van der Waals surface area contributed by atoms with E-state index >= 15 is 0 Å². The van der Waals surface area contributed by atoms with Crippen LogP contribution in [0.15, 0.2) is 45.8 Å². The van der Waals surface area contributed by atoms with E-state index in [0.29, 0.717) is 28.6 Å². The summed E-state index contributed by atoms with van der Waals surface area (Å²) in [6.45, 7) is 4.14. The minimum Gasteiger partial charge on any atom is -0.490 e. The van der Waals surface area contributed by atoms with E-state index in [4.69, 9.17) is 9.15 Å². The first kappa shape index (κ1) is 15.7. The molecule has 1 aromatic heterocycles. The van der Waals surface area contributed by atoms with E-state index < -0.39 is 0 Å². The lowest BCUT2D eigenvalue weighted by Gasteiger charge is -2.29. The van der Waals surface area contributed by atoms with Crippen LogP contribution in [-0.4, -0.2) is 6.10 Å². The van der Waals surface area contributed by atoms with Gasteiger partial charge in [-0.25, -0.2) is 0 Å². The molecule has 3 nitrogen and oxygen atoms in total. The largest absolute Gasteiger partial charge is 0.490 e. The van der Waals surface area contributed by atoms with Crippen molar-refractivity contribution in [2.75, 3.05) is 0 Å². The molecule has 0 amide bonds. The minimum absolute atomic E-state index is 0.0332. The van der Waals surface area contributed by atoms with Gasteiger partial charge >= 0.3 is 0 Å². The van der Waals surface area contributed by atoms with Crippen LogP contribution in [0.4, 0.5) is 0 Å². The van der Waals surface area contributed by atoms with E-state index in [1.54, 1.807) is 6.26 Å². The molecule has 0 N–H and O–H groups in total. The third-order valence-electron chi connectivity index (χ3n) is 6.15. The van der Waals surface area contributed by atoms with Crippen molar-refractivity contribution in [1.82, 2.24) is 0 Å². The van der Waals surface area contributed by atoms with Gasteiger partial charge in [-0.1, -0.05) is 18.2 Å². The molecule has 3 aromatic rings. The van der Waals surface area contributed by atoms with E-state index in [1.807, 2.05) is 18.2 Å². The maximum absolute atomic E-state index is 13.1. The van der Waals surface area contributed by atoms with Crippen LogP contribution in [0.2, 0.25) is 0 Å². The van der Waals surface area contributed by atoms with E-state index in [9.17, 15) is 4.79 Å². The van der Waals surface area contributed by atoms with Crippen molar-refractivity contribution >= 4 is 11.0 Å². The molecular weight excluding hydrogens is 324 g/mol. The van der Waals surface area contributed by atoms with Crippen molar-refractivity contribution in [3.8, 4) is 16.9 Å². The van der Waals surface area contributed by atoms with Crippen LogP contribution in [0, 0.1) is 19.8 Å². The van der Waals surface area contributed by atoms with Crippen molar-refractivity contribution in [1.29, 1.82) is 0 Å². The molecule has 26 heavy (non-hydrogen) atoms. The van der Waals surface area contributed by atoms with Gasteiger partial charge in [0.15, 0.2) is 0 Å². The third kappa shape index (κ3) is 2.30. The van der Waals surface area contributed by atoms with E-state index in [2.05, 4.69) is 26.0 Å². The lowest BCUT2D eigenvalue weighted by Crippen LogP contribution is -2.28. The number of benzene rings is 2. The monoisotopic (exact) mass is 346 g/mol. The first-order chi connectivity index (χ1) is 12.6. The van der Waals surface area contributed by atoms with Crippen LogP contribution in [0.1, 0.15) is 36.0 Å². The fourth-order valence-corrected chi connectivity index (χ4v) is 4.47. The first-order valence-corrected chi connectivity index (χ1v) is 9.43. The summed E-state index contributed by atoms with van der Waals surface area (Å²) < 4.78 is 12.2. The lowest BCUT2D eigenvalue weighted by atomic mass is 9.91. The number of ether oxygens (including phenoxy) is 1. The average Bonchev–Trinajstić information content (AvgIpc) is 3.10. The van der Waals surface area contributed by atoms with Gasteiger partial charge in [0.25, 0.3) is 0 Å². The van der Waals surface area contributed by atoms with Crippen molar-refractivity contribution in [3.63, 3.8) is 0 Å². The highest BCUT2D eigenvalue weighted by Gasteiger charge is 2.35. The molecule has 0 radical (unpaired) electrons. The molecule has 2 aliphatic rings. The highest BCUT2D eigenvalue weighted by Crippen LogP contribution is 2.42. The Labute approximate surface area is 152 Å². The summed E-state index contributed by atoms with van der Waals surface area (Å²) in [5, 5.41) is 0.652. The predicted molar refractivity (Wildman–Crippen MR) is 103 cm³/mol. The topological polar surface area (TPSA) is 39.4 Å². The van der Waals surface area contributed by atoms with Gasteiger partial charge in [0.05, 0.1) is 10.9 Å². The fraction of sp³-hybridized carbons (Fsp3) is 0.348. The predicted octanol–water partition coefficient (Wildman–Crippen LogP) is 5.18. The Kier molecular flexibility index (Phi) is 3.46. The Bertz CT molecular complexity index is 1080. The van der Waals surface area contributed by atoms with Gasteiger partial charge in [0, 0.05) is 11.5 Å². The number of hydrogen-bond acceptors (Lipinski definition) is 3. The molecule has 2 aromatic carbocycles. The van der Waals surface area contributed by atoms with Crippen LogP contribution in [-0.2, 0) is 6.42 Å². The molecular formula is C23H22O3. The highest BCUT2D eigenvalue weighted by atomic mass is 16.5. The quantitative estimate of drug-likeness (QED) is 0.609. The van der Waals surface area contributed by atoms with Crippen LogP contribution in [0.5, 0.6) is 5.75 Å². The molecule has 3 heteroatoms. The SMILES string of the molecule is Cc1ccc(-c2coc3c4c(ccc3c2=O)O[C@@H]2CCC[C@@H]2C4)cc1C. The Balaban J connectivity index is 1.67. The van der Waals surface area contributed by atoms with E-state index in [1.165, 1.54) is 24.0 Å². The van der Waals surface area contributed by atoms with Gasteiger partial charge in [0.1, 0.15) is 23.7 Å². The molecule has 1 aliphatic carbocycles. The summed E-state index contributed by atoms with van der Waals surface area (Å²) in [6, 6.07) is 9.91. The summed E-state index contributed by atoms with van der Waals surface area (Å²) in [6.07, 6.45) is 6.46. The van der Waals surface area contributed by atoms with Gasteiger partial charge < -0.3 is 9.15 Å². The number of fused-ring (bicyclic) bond motifs is 4. The molecule has 1 saturated carbocycles. The normalized spacial score (nSPS) is 21.3. The molecule has 2 atom stereocenters. The van der Waals surface area contributed by atoms with Gasteiger partial charge in [-0.05, 0) is 68.4 Å². The zero-order chi connectivity index (χ0) is 17.8. The Morgan fingerprint density at radius 3 is 2.77 bits per heavy atom. The second kappa shape index (κ2) is 5.73. The molecule has 0 unspecified atom stereocenters. The van der Waals surface area contributed by atoms with Crippen molar-refractivity contribution in [3.05, 3.63) is 63.5 Å².